The van der Waals surface area contributed by atoms with Crippen molar-refractivity contribution in [3.63, 3.8) is 0 Å². The van der Waals surface area contributed by atoms with Gasteiger partial charge in [-0.2, -0.15) is 17.7 Å². The Labute approximate surface area is 140 Å². The molecule has 3 aromatic rings. The molecule has 0 spiro atoms. The van der Waals surface area contributed by atoms with E-state index >= 15 is 0 Å². The van der Waals surface area contributed by atoms with Crippen molar-refractivity contribution in [2.45, 2.75) is 6.92 Å². The first-order valence-corrected chi connectivity index (χ1v) is 7.94. The maximum absolute atomic E-state index is 11.7. The Kier molecular flexibility index (Phi) is 4.48. The van der Waals surface area contributed by atoms with E-state index in [9.17, 15) is 4.79 Å². The summed E-state index contributed by atoms with van der Waals surface area (Å²) in [5.41, 5.74) is 3.90. The minimum atomic E-state index is -0.166. The summed E-state index contributed by atoms with van der Waals surface area (Å²) < 4.78 is 1.73. The number of rotatable bonds is 4. The highest BCUT2D eigenvalue weighted by atomic mass is 32.1. The molecule has 1 amide bonds. The van der Waals surface area contributed by atoms with Gasteiger partial charge in [-0.1, -0.05) is 48.0 Å². The largest absolute Gasteiger partial charge is 0.310 e. The van der Waals surface area contributed by atoms with Gasteiger partial charge in [0.15, 0.2) is 0 Å². The Balaban J connectivity index is 2.06. The van der Waals surface area contributed by atoms with E-state index in [4.69, 9.17) is 0 Å². The summed E-state index contributed by atoms with van der Waals surface area (Å²) in [4.78, 5) is 11.7. The van der Waals surface area contributed by atoms with Crippen LogP contribution >= 0.6 is 12.6 Å². The van der Waals surface area contributed by atoms with Gasteiger partial charge in [-0.3, -0.25) is 4.79 Å². The van der Waals surface area contributed by atoms with Crippen LogP contribution in [0.15, 0.2) is 60.7 Å². The number of aromatic nitrogens is 2. The third-order valence-electron chi connectivity index (χ3n) is 3.47. The summed E-state index contributed by atoms with van der Waals surface area (Å²) >= 11 is 4.01. The first kappa shape index (κ1) is 15.4. The summed E-state index contributed by atoms with van der Waals surface area (Å²) in [6, 6.07) is 19.7. The van der Waals surface area contributed by atoms with E-state index in [-0.39, 0.29) is 11.7 Å². The van der Waals surface area contributed by atoms with Gasteiger partial charge in [0, 0.05) is 11.6 Å². The molecule has 0 aliphatic rings. The number of carbonyl (C=O) groups excluding carboxylic acids is 1. The van der Waals surface area contributed by atoms with Crippen LogP contribution in [-0.4, -0.2) is 21.4 Å². The molecule has 116 valence electrons. The number of nitrogens with zero attached hydrogens (tertiary/aromatic N) is 2. The lowest BCUT2D eigenvalue weighted by molar-refractivity contribution is -0.113. The van der Waals surface area contributed by atoms with Crippen LogP contribution in [-0.2, 0) is 4.79 Å². The molecule has 4 nitrogen and oxygen atoms in total. The maximum Gasteiger partial charge on any atom is 0.235 e. The summed E-state index contributed by atoms with van der Waals surface area (Å²) in [7, 11) is 0. The predicted octanol–water partition coefficient (Wildman–Crippen LogP) is 3.72. The number of thiol groups is 1. The smallest absolute Gasteiger partial charge is 0.235 e. The monoisotopic (exact) mass is 323 g/mol. The molecule has 0 aliphatic carbocycles. The Hall–Kier alpha value is -2.53. The summed E-state index contributed by atoms with van der Waals surface area (Å²) in [6.45, 7) is 2.05. The van der Waals surface area contributed by atoms with Gasteiger partial charge >= 0.3 is 0 Å². The fourth-order valence-electron chi connectivity index (χ4n) is 2.28. The van der Waals surface area contributed by atoms with Crippen molar-refractivity contribution < 1.29 is 4.79 Å². The van der Waals surface area contributed by atoms with E-state index < -0.39 is 0 Å². The van der Waals surface area contributed by atoms with Crippen molar-refractivity contribution in [2.24, 2.45) is 0 Å². The van der Waals surface area contributed by atoms with E-state index in [0.29, 0.717) is 5.82 Å². The number of aryl methyl sites for hydroxylation is 1. The van der Waals surface area contributed by atoms with Gasteiger partial charge in [0.1, 0.15) is 5.82 Å². The third-order valence-corrected chi connectivity index (χ3v) is 3.76. The summed E-state index contributed by atoms with van der Waals surface area (Å²) in [6.07, 6.45) is 0. The van der Waals surface area contributed by atoms with Crippen molar-refractivity contribution in [3.8, 4) is 16.9 Å². The van der Waals surface area contributed by atoms with Gasteiger partial charge in [-0.25, -0.2) is 4.68 Å². The molecule has 5 heteroatoms. The SMILES string of the molecule is Cc1ccc(-c2cc(NC(=O)CS)n(-c3ccccc3)n2)cc1. The van der Waals surface area contributed by atoms with Crippen LogP contribution in [0.2, 0.25) is 0 Å². The Bertz CT molecular complexity index is 810. The standard InChI is InChI=1S/C18H17N3OS/c1-13-7-9-14(10-8-13)16-11-17(19-18(22)12-23)21(20-16)15-5-3-2-4-6-15/h2-11,23H,12H2,1H3,(H,19,22). The minimum absolute atomic E-state index is 0.125. The zero-order valence-electron chi connectivity index (χ0n) is 12.7. The molecule has 0 saturated heterocycles. The van der Waals surface area contributed by atoms with Gasteiger partial charge in [0.2, 0.25) is 5.91 Å². The molecule has 0 radical (unpaired) electrons. The molecule has 1 heterocycles. The van der Waals surface area contributed by atoms with Gasteiger partial charge in [0.05, 0.1) is 17.1 Å². The van der Waals surface area contributed by atoms with E-state index in [2.05, 4.69) is 23.0 Å². The molecular formula is C18H17N3OS. The van der Waals surface area contributed by atoms with Gasteiger partial charge in [0.25, 0.3) is 0 Å². The lowest BCUT2D eigenvalue weighted by Gasteiger charge is -2.07. The molecule has 1 aromatic heterocycles. The zero-order chi connectivity index (χ0) is 16.2. The molecule has 0 bridgehead atoms. The number of anilines is 1. The molecule has 3 rings (SSSR count). The van der Waals surface area contributed by atoms with Crippen LogP contribution < -0.4 is 5.32 Å². The average molecular weight is 323 g/mol. The van der Waals surface area contributed by atoms with E-state index in [0.717, 1.165) is 16.9 Å². The predicted molar refractivity (Wildman–Crippen MR) is 96.2 cm³/mol. The lowest BCUT2D eigenvalue weighted by atomic mass is 10.1. The maximum atomic E-state index is 11.7. The third kappa shape index (κ3) is 3.46. The highest BCUT2D eigenvalue weighted by Gasteiger charge is 2.13. The van der Waals surface area contributed by atoms with Crippen LogP contribution in [0.5, 0.6) is 0 Å². The van der Waals surface area contributed by atoms with Crippen molar-refractivity contribution in [3.05, 3.63) is 66.2 Å². The van der Waals surface area contributed by atoms with Crippen LogP contribution in [0, 0.1) is 6.92 Å². The first-order chi connectivity index (χ1) is 11.2. The fourth-order valence-corrected chi connectivity index (χ4v) is 2.36. The summed E-state index contributed by atoms with van der Waals surface area (Å²) in [5.74, 6) is 0.589. The zero-order valence-corrected chi connectivity index (χ0v) is 13.6. The van der Waals surface area contributed by atoms with Crippen LogP contribution in [0.25, 0.3) is 16.9 Å². The Morgan fingerprint density at radius 2 is 1.83 bits per heavy atom. The van der Waals surface area contributed by atoms with Crippen LogP contribution in [0.1, 0.15) is 5.56 Å². The molecule has 0 atom stereocenters. The normalized spacial score (nSPS) is 10.5. The van der Waals surface area contributed by atoms with E-state index in [1.54, 1.807) is 4.68 Å². The molecular weight excluding hydrogens is 306 g/mol. The number of para-hydroxylation sites is 1. The highest BCUT2D eigenvalue weighted by Crippen LogP contribution is 2.25. The quantitative estimate of drug-likeness (QED) is 0.719. The fraction of sp³-hybridized carbons (Fsp3) is 0.111. The van der Waals surface area contributed by atoms with Gasteiger partial charge < -0.3 is 5.32 Å². The minimum Gasteiger partial charge on any atom is -0.310 e. The molecule has 1 N–H and O–H groups in total. The molecule has 23 heavy (non-hydrogen) atoms. The number of benzene rings is 2. The number of hydrogen-bond acceptors (Lipinski definition) is 3. The topological polar surface area (TPSA) is 46.9 Å². The number of carbonyl (C=O) groups is 1. The average Bonchev–Trinajstić information content (AvgIpc) is 3.00. The van der Waals surface area contributed by atoms with Crippen molar-refractivity contribution >= 4 is 24.4 Å². The van der Waals surface area contributed by atoms with Crippen molar-refractivity contribution in [2.75, 3.05) is 11.1 Å². The second kappa shape index (κ2) is 6.71. The molecule has 0 aliphatic heterocycles. The first-order valence-electron chi connectivity index (χ1n) is 7.30. The Morgan fingerprint density at radius 1 is 1.13 bits per heavy atom. The summed E-state index contributed by atoms with van der Waals surface area (Å²) in [5, 5.41) is 7.49. The molecule has 0 fully saturated rings. The molecule has 0 saturated carbocycles. The Morgan fingerprint density at radius 3 is 2.48 bits per heavy atom. The second-order valence-corrected chi connectivity index (χ2v) is 5.55. The van der Waals surface area contributed by atoms with Crippen LogP contribution in [0.4, 0.5) is 5.82 Å². The number of amides is 1. The van der Waals surface area contributed by atoms with E-state index in [1.807, 2.05) is 67.6 Å². The van der Waals surface area contributed by atoms with Gasteiger partial charge in [-0.15, -0.1) is 0 Å². The van der Waals surface area contributed by atoms with Crippen molar-refractivity contribution in [1.29, 1.82) is 0 Å². The van der Waals surface area contributed by atoms with Gasteiger partial charge in [-0.05, 0) is 19.1 Å². The molecule has 0 unspecified atom stereocenters. The number of nitrogens with one attached hydrogen (secondary N) is 1. The highest BCUT2D eigenvalue weighted by molar-refractivity contribution is 7.81. The lowest BCUT2D eigenvalue weighted by Crippen LogP contribution is -2.15. The van der Waals surface area contributed by atoms with E-state index in [1.165, 1.54) is 5.56 Å². The number of hydrogen-bond donors (Lipinski definition) is 2. The van der Waals surface area contributed by atoms with Crippen molar-refractivity contribution in [1.82, 2.24) is 9.78 Å². The second-order valence-electron chi connectivity index (χ2n) is 5.23. The van der Waals surface area contributed by atoms with Crippen LogP contribution in [0.3, 0.4) is 0 Å². The molecule has 2 aromatic carbocycles.